The molecule has 0 heterocycles. The lowest BCUT2D eigenvalue weighted by atomic mass is 9.88. The molecule has 58 valence electrons. The van der Waals surface area contributed by atoms with Crippen LogP contribution in [0, 0.1) is 11.3 Å². The predicted octanol–water partition coefficient (Wildman–Crippen LogP) is 2.71. The normalized spacial score (nSPS) is 19.8. The zero-order valence-corrected chi connectivity index (χ0v) is 6.70. The van der Waals surface area contributed by atoms with Crippen LogP contribution < -0.4 is 0 Å². The summed E-state index contributed by atoms with van der Waals surface area (Å²) in [5, 5.41) is 8.85. The van der Waals surface area contributed by atoms with Crippen LogP contribution in [0.3, 0.4) is 0 Å². The van der Waals surface area contributed by atoms with E-state index in [0.717, 1.165) is 6.42 Å². The van der Waals surface area contributed by atoms with Crippen molar-refractivity contribution in [2.45, 2.75) is 12.3 Å². The first-order valence-electron chi connectivity index (χ1n) is 4.07. The van der Waals surface area contributed by atoms with Crippen molar-refractivity contribution in [1.82, 2.24) is 0 Å². The Balaban J connectivity index is 2.54. The minimum absolute atomic E-state index is 0.0613. The van der Waals surface area contributed by atoms with Crippen molar-refractivity contribution in [3.05, 3.63) is 41.5 Å². The van der Waals surface area contributed by atoms with E-state index in [-0.39, 0.29) is 5.92 Å². The zero-order valence-electron chi connectivity index (χ0n) is 6.70. The number of nitrogens with zero attached hydrogens (tertiary/aromatic N) is 1. The van der Waals surface area contributed by atoms with E-state index in [9.17, 15) is 0 Å². The van der Waals surface area contributed by atoms with Crippen LogP contribution in [-0.2, 0) is 0 Å². The third kappa shape index (κ3) is 1.02. The second-order valence-electron chi connectivity index (χ2n) is 2.95. The first kappa shape index (κ1) is 7.12. The summed E-state index contributed by atoms with van der Waals surface area (Å²) in [4.78, 5) is 0. The Labute approximate surface area is 72.0 Å². The quantitative estimate of drug-likeness (QED) is 0.565. The van der Waals surface area contributed by atoms with Gasteiger partial charge in [-0.3, -0.25) is 0 Å². The smallest absolute Gasteiger partial charge is 0.0753 e. The first-order chi connectivity index (χ1) is 5.92. The third-order valence-corrected chi connectivity index (χ3v) is 2.20. The summed E-state index contributed by atoms with van der Waals surface area (Å²) in [7, 11) is 0. The molecular formula is C11H9N. The van der Waals surface area contributed by atoms with Gasteiger partial charge in [-0.2, -0.15) is 5.26 Å². The molecule has 1 aliphatic carbocycles. The van der Waals surface area contributed by atoms with E-state index in [1.54, 1.807) is 0 Å². The van der Waals surface area contributed by atoms with Gasteiger partial charge in [0.1, 0.15) is 0 Å². The number of hydrogen-bond acceptors (Lipinski definition) is 1. The van der Waals surface area contributed by atoms with Gasteiger partial charge in [0.15, 0.2) is 0 Å². The largest absolute Gasteiger partial charge is 0.198 e. The van der Waals surface area contributed by atoms with Crippen molar-refractivity contribution in [2.75, 3.05) is 0 Å². The number of allylic oxidation sites excluding steroid dienone is 1. The van der Waals surface area contributed by atoms with Gasteiger partial charge in [-0.05, 0) is 17.5 Å². The summed E-state index contributed by atoms with van der Waals surface area (Å²) in [5.41, 5.74) is 2.36. The Bertz CT molecular complexity index is 358. The molecule has 0 bridgehead atoms. The Kier molecular flexibility index (Phi) is 1.68. The molecule has 1 nitrogen and oxygen atoms in total. The summed E-state index contributed by atoms with van der Waals surface area (Å²) < 4.78 is 0. The van der Waals surface area contributed by atoms with Crippen LogP contribution in [0.2, 0.25) is 0 Å². The summed E-state index contributed by atoms with van der Waals surface area (Å²) >= 11 is 0. The van der Waals surface area contributed by atoms with Gasteiger partial charge in [0, 0.05) is 0 Å². The van der Waals surface area contributed by atoms with Gasteiger partial charge >= 0.3 is 0 Å². The van der Waals surface area contributed by atoms with Gasteiger partial charge < -0.3 is 0 Å². The maximum absolute atomic E-state index is 8.85. The average Bonchev–Trinajstić information content (AvgIpc) is 2.17. The molecule has 1 atom stereocenters. The molecule has 0 aromatic heterocycles. The Morgan fingerprint density at radius 3 is 3.00 bits per heavy atom. The second-order valence-corrected chi connectivity index (χ2v) is 2.95. The van der Waals surface area contributed by atoms with Gasteiger partial charge in [0.05, 0.1) is 12.0 Å². The van der Waals surface area contributed by atoms with Crippen LogP contribution >= 0.6 is 0 Å². The van der Waals surface area contributed by atoms with Gasteiger partial charge in [-0.25, -0.2) is 0 Å². The lowest BCUT2D eigenvalue weighted by Crippen LogP contribution is -2.00. The van der Waals surface area contributed by atoms with Crippen LogP contribution in [-0.4, -0.2) is 0 Å². The van der Waals surface area contributed by atoms with E-state index in [1.165, 1.54) is 11.1 Å². The lowest BCUT2D eigenvalue weighted by molar-refractivity contribution is 0.866. The molecule has 0 radical (unpaired) electrons. The fraction of sp³-hybridized carbons (Fsp3) is 0.182. The van der Waals surface area contributed by atoms with Crippen molar-refractivity contribution in [3.63, 3.8) is 0 Å². The van der Waals surface area contributed by atoms with Crippen molar-refractivity contribution in [1.29, 1.82) is 5.26 Å². The van der Waals surface area contributed by atoms with Gasteiger partial charge in [0.2, 0.25) is 0 Å². The molecule has 1 aromatic rings. The highest BCUT2D eigenvalue weighted by Gasteiger charge is 2.14. The number of fused-ring (bicyclic) bond motifs is 1. The molecule has 0 aliphatic heterocycles. The second kappa shape index (κ2) is 2.83. The third-order valence-electron chi connectivity index (χ3n) is 2.20. The highest BCUT2D eigenvalue weighted by Crippen LogP contribution is 2.28. The van der Waals surface area contributed by atoms with Gasteiger partial charge in [-0.15, -0.1) is 0 Å². The van der Waals surface area contributed by atoms with Gasteiger partial charge in [0.25, 0.3) is 0 Å². The molecule has 1 heteroatoms. The van der Waals surface area contributed by atoms with Crippen molar-refractivity contribution >= 4 is 6.08 Å². The Hall–Kier alpha value is -1.55. The van der Waals surface area contributed by atoms with E-state index in [2.05, 4.69) is 24.3 Å². The van der Waals surface area contributed by atoms with Crippen molar-refractivity contribution in [3.8, 4) is 6.07 Å². The Morgan fingerprint density at radius 2 is 2.17 bits per heavy atom. The molecular weight excluding hydrogens is 146 g/mol. The molecule has 1 aromatic carbocycles. The van der Waals surface area contributed by atoms with Crippen LogP contribution in [0.5, 0.6) is 0 Å². The minimum atomic E-state index is 0.0613. The van der Waals surface area contributed by atoms with Crippen molar-refractivity contribution < 1.29 is 0 Å². The first-order valence-corrected chi connectivity index (χ1v) is 4.07. The van der Waals surface area contributed by atoms with Crippen LogP contribution in [0.1, 0.15) is 23.5 Å². The lowest BCUT2D eigenvalue weighted by Gasteiger charge is -2.14. The van der Waals surface area contributed by atoms with Gasteiger partial charge in [-0.1, -0.05) is 36.4 Å². The summed E-state index contributed by atoms with van der Waals surface area (Å²) in [6.45, 7) is 0. The highest BCUT2D eigenvalue weighted by atomic mass is 14.3. The fourth-order valence-corrected chi connectivity index (χ4v) is 1.56. The molecule has 0 amide bonds. The molecule has 12 heavy (non-hydrogen) atoms. The minimum Gasteiger partial charge on any atom is -0.198 e. The maximum atomic E-state index is 8.85. The standard InChI is InChI=1S/C11H9N/c12-8-10-6-3-5-9-4-1-2-7-11(9)10/h1-5,7,10H,6H2. The monoisotopic (exact) mass is 155 g/mol. The molecule has 2 rings (SSSR count). The highest BCUT2D eigenvalue weighted by molar-refractivity contribution is 5.58. The topological polar surface area (TPSA) is 23.8 Å². The fourth-order valence-electron chi connectivity index (χ4n) is 1.56. The molecule has 0 saturated carbocycles. The molecule has 0 saturated heterocycles. The number of hydrogen-bond donors (Lipinski definition) is 0. The van der Waals surface area contributed by atoms with E-state index < -0.39 is 0 Å². The zero-order chi connectivity index (χ0) is 8.39. The molecule has 0 N–H and O–H groups in total. The molecule has 0 fully saturated rings. The number of nitriles is 1. The molecule has 1 aliphatic rings. The van der Waals surface area contributed by atoms with Crippen molar-refractivity contribution in [2.24, 2.45) is 0 Å². The Morgan fingerprint density at radius 1 is 1.33 bits per heavy atom. The average molecular weight is 155 g/mol. The van der Waals surface area contributed by atoms with E-state index in [0.29, 0.717) is 0 Å². The predicted molar refractivity (Wildman–Crippen MR) is 48.4 cm³/mol. The molecule has 1 unspecified atom stereocenters. The van der Waals surface area contributed by atoms with Crippen LogP contribution in [0.15, 0.2) is 30.3 Å². The van der Waals surface area contributed by atoms with E-state index >= 15 is 0 Å². The molecule has 0 spiro atoms. The summed E-state index contributed by atoms with van der Waals surface area (Å²) in [6.07, 6.45) is 5.01. The summed E-state index contributed by atoms with van der Waals surface area (Å²) in [5.74, 6) is 0.0613. The number of rotatable bonds is 0. The van der Waals surface area contributed by atoms with E-state index in [1.807, 2.05) is 18.2 Å². The van der Waals surface area contributed by atoms with Crippen LogP contribution in [0.25, 0.3) is 6.08 Å². The van der Waals surface area contributed by atoms with E-state index in [4.69, 9.17) is 5.26 Å². The van der Waals surface area contributed by atoms with Crippen LogP contribution in [0.4, 0.5) is 0 Å². The number of benzene rings is 1. The SMILES string of the molecule is N#CC1CC=Cc2ccccc21. The summed E-state index contributed by atoms with van der Waals surface area (Å²) in [6, 6.07) is 10.4. The maximum Gasteiger partial charge on any atom is 0.0753 e.